The average molecular weight is 576 g/mol. The van der Waals surface area contributed by atoms with E-state index in [1.54, 1.807) is 7.11 Å². The molecule has 0 unspecified atom stereocenters. The van der Waals surface area contributed by atoms with Gasteiger partial charge in [-0.2, -0.15) is 0 Å². The fourth-order valence-electron chi connectivity index (χ4n) is 7.57. The number of benzene rings is 6. The lowest BCUT2D eigenvalue weighted by atomic mass is 9.67. The smallest absolute Gasteiger partial charge is 0.119 e. The molecule has 188 valence electrons. The highest BCUT2D eigenvalue weighted by Crippen LogP contribution is 2.58. The monoisotopic (exact) mass is 574 g/mol. The van der Waals surface area contributed by atoms with Crippen molar-refractivity contribution in [3.8, 4) is 16.9 Å². The largest absolute Gasteiger partial charge is 0.497 e. The van der Waals surface area contributed by atoms with E-state index in [4.69, 9.17) is 4.74 Å². The van der Waals surface area contributed by atoms with Crippen LogP contribution in [0.4, 0.5) is 0 Å². The van der Waals surface area contributed by atoms with E-state index in [-0.39, 0.29) is 5.41 Å². The molecule has 6 aromatic rings. The Kier molecular flexibility index (Phi) is 4.39. The van der Waals surface area contributed by atoms with Crippen molar-refractivity contribution in [1.29, 1.82) is 0 Å². The van der Waals surface area contributed by atoms with Crippen LogP contribution in [-0.4, -0.2) is 7.11 Å². The Bertz CT molecular complexity index is 2270. The molecule has 3 aliphatic rings. The zero-order valence-electron chi connectivity index (χ0n) is 21.8. The first-order valence-corrected chi connectivity index (χ1v) is 14.5. The molecule has 0 saturated carbocycles. The topological polar surface area (TPSA) is 9.23 Å². The van der Waals surface area contributed by atoms with Crippen LogP contribution >= 0.6 is 15.9 Å². The second kappa shape index (κ2) is 7.84. The minimum Gasteiger partial charge on any atom is -0.497 e. The fraction of sp³-hybridized carbons (Fsp3) is 0.0526. The molecular formula is C38H23BrO. The second-order valence-corrected chi connectivity index (χ2v) is 11.9. The predicted octanol–water partition coefficient (Wildman–Crippen LogP) is 8.29. The van der Waals surface area contributed by atoms with Crippen LogP contribution in [0.5, 0.6) is 5.75 Å². The minimum absolute atomic E-state index is 0.360. The third kappa shape index (κ3) is 2.72. The summed E-state index contributed by atoms with van der Waals surface area (Å²) in [5.41, 5.74) is 7.64. The number of fused-ring (bicyclic) bond motifs is 14. The van der Waals surface area contributed by atoms with Crippen LogP contribution in [0.3, 0.4) is 0 Å². The normalized spacial score (nSPS) is 15.9. The molecule has 0 aromatic heterocycles. The lowest BCUT2D eigenvalue weighted by Crippen LogP contribution is -2.34. The van der Waals surface area contributed by atoms with Gasteiger partial charge in [0.15, 0.2) is 0 Å². The zero-order valence-corrected chi connectivity index (χ0v) is 23.4. The Morgan fingerprint density at radius 1 is 0.600 bits per heavy atom. The Morgan fingerprint density at radius 3 is 1.90 bits per heavy atom. The molecule has 1 spiro atoms. The number of rotatable bonds is 1. The van der Waals surface area contributed by atoms with Gasteiger partial charge in [-0.25, -0.2) is 0 Å². The van der Waals surface area contributed by atoms with Gasteiger partial charge in [-0.05, 0) is 113 Å². The Morgan fingerprint density at radius 2 is 1.20 bits per heavy atom. The summed E-state index contributed by atoms with van der Waals surface area (Å²) in [6, 6.07) is 38.0. The van der Waals surface area contributed by atoms with Crippen LogP contribution in [0.15, 0.2) is 125 Å². The summed E-state index contributed by atoms with van der Waals surface area (Å²) >= 11 is 3.92. The molecule has 1 nitrogen and oxygen atoms in total. The van der Waals surface area contributed by atoms with E-state index in [0.29, 0.717) is 0 Å². The summed E-state index contributed by atoms with van der Waals surface area (Å²) < 4.78 is 6.76. The summed E-state index contributed by atoms with van der Waals surface area (Å²) in [5.74, 6) is 0.881. The van der Waals surface area contributed by atoms with Crippen molar-refractivity contribution in [3.05, 3.63) is 147 Å². The van der Waals surface area contributed by atoms with E-state index < -0.39 is 0 Å². The summed E-state index contributed by atoms with van der Waals surface area (Å²) in [4.78, 5) is 0. The first kappa shape index (κ1) is 22.4. The summed E-state index contributed by atoms with van der Waals surface area (Å²) in [7, 11) is 1.74. The van der Waals surface area contributed by atoms with Crippen LogP contribution in [-0.2, 0) is 5.41 Å². The molecule has 0 radical (unpaired) electrons. The van der Waals surface area contributed by atoms with Crippen LogP contribution in [0, 0.1) is 0 Å². The van der Waals surface area contributed by atoms with E-state index >= 15 is 0 Å². The van der Waals surface area contributed by atoms with Crippen LogP contribution in [0.25, 0.3) is 55.1 Å². The minimum atomic E-state index is -0.360. The fourth-order valence-corrected chi connectivity index (χ4v) is 8.16. The van der Waals surface area contributed by atoms with Crippen molar-refractivity contribution in [3.63, 3.8) is 0 Å². The standard InChI is InChI=1S/C38H23BrO/c1-40-25-14-15-28-33(19-25)27-9-3-2-8-26(27)32-18-22-16-23-17-24(39)21-38(37(23)31(22)20-34(28)32)35-12-6-4-10-29(35)30-11-5-7-13-36(30)38/h2-21H,1H3. The lowest BCUT2D eigenvalue weighted by molar-refractivity contribution is 0.415. The summed E-state index contributed by atoms with van der Waals surface area (Å²) in [6.45, 7) is 0. The van der Waals surface area contributed by atoms with Crippen LogP contribution < -0.4 is 15.2 Å². The number of hydrogen-bond acceptors (Lipinski definition) is 1. The van der Waals surface area contributed by atoms with Gasteiger partial charge in [-0.3, -0.25) is 0 Å². The van der Waals surface area contributed by atoms with Crippen LogP contribution in [0.2, 0.25) is 0 Å². The third-order valence-corrected chi connectivity index (χ3v) is 9.58. The summed E-state index contributed by atoms with van der Waals surface area (Å²) in [5, 5.41) is 10.2. The SMILES string of the molecule is COc1ccc2c(c1)c1ccccc1c1cc3c(cc21)=C1C(=CC(Br)=CC12c1ccccc1-c1ccccc12)C=3. The van der Waals surface area contributed by atoms with Gasteiger partial charge in [-0.15, -0.1) is 0 Å². The molecule has 0 amide bonds. The quantitative estimate of drug-likeness (QED) is 0.179. The molecule has 0 atom stereocenters. The van der Waals surface area contributed by atoms with Gasteiger partial charge in [0.1, 0.15) is 5.75 Å². The molecule has 0 heterocycles. The molecule has 40 heavy (non-hydrogen) atoms. The second-order valence-electron chi connectivity index (χ2n) is 11.0. The number of allylic oxidation sites excluding steroid dienone is 4. The van der Waals surface area contributed by atoms with Gasteiger partial charge in [0, 0.05) is 4.48 Å². The van der Waals surface area contributed by atoms with Crippen molar-refractivity contribution in [1.82, 2.24) is 0 Å². The maximum atomic E-state index is 5.64. The Labute approximate surface area is 240 Å². The average Bonchev–Trinajstić information content (AvgIpc) is 3.49. The van der Waals surface area contributed by atoms with Crippen molar-refractivity contribution < 1.29 is 4.74 Å². The van der Waals surface area contributed by atoms with Gasteiger partial charge in [-0.1, -0.05) is 101 Å². The number of methoxy groups -OCH3 is 1. The van der Waals surface area contributed by atoms with E-state index in [2.05, 4.69) is 137 Å². The van der Waals surface area contributed by atoms with Crippen LogP contribution in [0.1, 0.15) is 11.1 Å². The van der Waals surface area contributed by atoms with Gasteiger partial charge in [0.25, 0.3) is 0 Å². The molecule has 3 aliphatic carbocycles. The number of ether oxygens (including phenoxy) is 1. The molecular weight excluding hydrogens is 552 g/mol. The molecule has 0 bridgehead atoms. The van der Waals surface area contributed by atoms with Gasteiger partial charge in [0.05, 0.1) is 12.5 Å². The van der Waals surface area contributed by atoms with Gasteiger partial charge in [0.2, 0.25) is 0 Å². The van der Waals surface area contributed by atoms with Crippen molar-refractivity contribution in [2.75, 3.05) is 7.11 Å². The Hall–Kier alpha value is -4.40. The zero-order chi connectivity index (χ0) is 26.6. The maximum absolute atomic E-state index is 5.64. The molecule has 6 aromatic carbocycles. The summed E-state index contributed by atoms with van der Waals surface area (Å²) in [6.07, 6.45) is 7.10. The van der Waals surface area contributed by atoms with E-state index in [1.807, 2.05) is 0 Å². The maximum Gasteiger partial charge on any atom is 0.119 e. The van der Waals surface area contributed by atoms with E-state index in [0.717, 1.165) is 10.2 Å². The number of hydrogen-bond donors (Lipinski definition) is 0. The first-order valence-electron chi connectivity index (χ1n) is 13.7. The van der Waals surface area contributed by atoms with Crippen molar-refractivity contribution in [2.45, 2.75) is 5.41 Å². The predicted molar refractivity (Wildman–Crippen MR) is 170 cm³/mol. The Balaban J connectivity index is 1.49. The highest BCUT2D eigenvalue weighted by atomic mass is 79.9. The number of halogens is 1. The highest BCUT2D eigenvalue weighted by molar-refractivity contribution is 9.11. The van der Waals surface area contributed by atoms with Gasteiger partial charge >= 0.3 is 0 Å². The molecule has 2 heteroatoms. The molecule has 0 fully saturated rings. The van der Waals surface area contributed by atoms with E-state index in [1.165, 1.54) is 76.2 Å². The van der Waals surface area contributed by atoms with Gasteiger partial charge < -0.3 is 4.74 Å². The van der Waals surface area contributed by atoms with Crippen molar-refractivity contribution >= 4 is 59.9 Å². The highest BCUT2D eigenvalue weighted by Gasteiger charge is 2.47. The first-order chi connectivity index (χ1) is 19.7. The molecule has 0 saturated heterocycles. The molecule has 0 aliphatic heterocycles. The lowest BCUT2D eigenvalue weighted by Gasteiger charge is -2.34. The van der Waals surface area contributed by atoms with E-state index in [9.17, 15) is 0 Å². The third-order valence-electron chi connectivity index (χ3n) is 9.12. The van der Waals surface area contributed by atoms with Crippen molar-refractivity contribution in [2.24, 2.45) is 0 Å². The molecule has 9 rings (SSSR count). The molecule has 0 N–H and O–H groups in total.